The number of nitrogens with zero attached hydrogens (tertiary/aromatic N) is 2. The van der Waals surface area contributed by atoms with Crippen molar-refractivity contribution in [2.75, 3.05) is 18.9 Å². The number of nitrogens with one attached hydrogen (secondary N) is 2. The molecule has 3 rings (SSSR count). The first kappa shape index (κ1) is 27.4. The highest BCUT2D eigenvalue weighted by atomic mass is 19.4. The topological polar surface area (TPSA) is 108 Å². The van der Waals surface area contributed by atoms with Gasteiger partial charge in [0.15, 0.2) is 0 Å². The van der Waals surface area contributed by atoms with E-state index in [0.29, 0.717) is 21.1 Å². The summed E-state index contributed by atoms with van der Waals surface area (Å²) < 4.78 is 59.0. The molecule has 0 saturated heterocycles. The molecule has 0 spiro atoms. The van der Waals surface area contributed by atoms with Gasteiger partial charge in [-0.1, -0.05) is 12.1 Å². The largest absolute Gasteiger partial charge is 0.422 e. The number of hydrogen-bond acceptors (Lipinski definition) is 5. The number of anilines is 1. The van der Waals surface area contributed by atoms with Crippen LogP contribution in [0.3, 0.4) is 0 Å². The lowest BCUT2D eigenvalue weighted by Crippen LogP contribution is -2.52. The molecule has 0 aromatic heterocycles. The zero-order chi connectivity index (χ0) is 27.3. The number of fused-ring (bicyclic) bond motifs is 1. The van der Waals surface area contributed by atoms with E-state index in [4.69, 9.17) is 4.74 Å². The van der Waals surface area contributed by atoms with E-state index >= 15 is 0 Å². The molecule has 2 N–H and O–H groups in total. The highest BCUT2D eigenvalue weighted by Gasteiger charge is 2.43. The normalized spacial score (nSPS) is 14.6. The molecule has 1 atom stereocenters. The van der Waals surface area contributed by atoms with Crippen molar-refractivity contribution in [1.82, 2.24) is 15.1 Å². The molecule has 2 aromatic rings. The van der Waals surface area contributed by atoms with Crippen LogP contribution in [0.5, 0.6) is 5.75 Å². The van der Waals surface area contributed by atoms with E-state index in [1.165, 1.54) is 37.4 Å². The van der Waals surface area contributed by atoms with Gasteiger partial charge in [-0.3, -0.25) is 9.59 Å². The summed E-state index contributed by atoms with van der Waals surface area (Å²) in [4.78, 5) is 50.9. The van der Waals surface area contributed by atoms with Gasteiger partial charge < -0.3 is 20.3 Å². The number of hydrogen-bond donors (Lipinski definition) is 2. The van der Waals surface area contributed by atoms with Crippen molar-refractivity contribution in [3.05, 3.63) is 59.4 Å². The van der Waals surface area contributed by atoms with E-state index in [9.17, 15) is 36.7 Å². The summed E-state index contributed by atoms with van der Waals surface area (Å²) in [6.45, 7) is -0.735. The Bertz CT molecular complexity index is 1190. The molecule has 2 aromatic carbocycles. The molecule has 37 heavy (non-hydrogen) atoms. The second-order valence-corrected chi connectivity index (χ2v) is 8.24. The fraction of sp³-hybridized carbons (Fsp3) is 0.333. The third kappa shape index (κ3) is 6.96. The van der Waals surface area contributed by atoms with Gasteiger partial charge in [-0.15, -0.1) is 0 Å². The molecule has 0 unspecified atom stereocenters. The highest BCUT2D eigenvalue weighted by molar-refractivity contribution is 5.97. The van der Waals surface area contributed by atoms with E-state index in [0.717, 1.165) is 19.1 Å². The number of rotatable bonds is 6. The van der Waals surface area contributed by atoms with Crippen LogP contribution in [-0.2, 0) is 22.6 Å². The number of aryl methyl sites for hydroxylation is 1. The minimum atomic E-state index is -4.80. The zero-order valence-electron chi connectivity index (χ0n) is 19.9. The number of amides is 5. The number of benzene rings is 2. The minimum absolute atomic E-state index is 0.0734. The predicted octanol–water partition coefficient (Wildman–Crippen LogP) is 3.83. The Morgan fingerprint density at radius 1 is 1.11 bits per heavy atom. The Morgan fingerprint density at radius 2 is 1.78 bits per heavy atom. The summed E-state index contributed by atoms with van der Waals surface area (Å²) in [5.41, 5.74) is 1.04. The molecular weight excluding hydrogens is 500 g/mol. The molecule has 1 aliphatic rings. The van der Waals surface area contributed by atoms with Crippen LogP contribution in [0.1, 0.15) is 24.5 Å². The van der Waals surface area contributed by atoms with Gasteiger partial charge in [-0.2, -0.15) is 13.2 Å². The van der Waals surface area contributed by atoms with E-state index in [1.54, 1.807) is 0 Å². The maximum Gasteiger partial charge on any atom is 0.422 e. The molecular formula is C24H24F4N4O5. The minimum Gasteiger partial charge on any atom is -0.410 e. The molecule has 0 saturated carbocycles. The summed E-state index contributed by atoms with van der Waals surface area (Å²) in [6, 6.07) is 6.18. The Kier molecular flexibility index (Phi) is 8.35. The quantitative estimate of drug-likeness (QED) is 0.559. The van der Waals surface area contributed by atoms with Crippen molar-refractivity contribution in [3.63, 3.8) is 0 Å². The van der Waals surface area contributed by atoms with Gasteiger partial charge in [0.1, 0.15) is 24.2 Å². The van der Waals surface area contributed by atoms with Crippen LogP contribution in [0.25, 0.3) is 0 Å². The summed E-state index contributed by atoms with van der Waals surface area (Å²) in [6.07, 6.45) is -6.19. The van der Waals surface area contributed by atoms with Crippen molar-refractivity contribution < 1.29 is 41.5 Å². The summed E-state index contributed by atoms with van der Waals surface area (Å²) in [5.74, 6) is -2.50. The van der Waals surface area contributed by atoms with Crippen LogP contribution in [0.15, 0.2) is 42.5 Å². The zero-order valence-corrected chi connectivity index (χ0v) is 19.9. The maximum absolute atomic E-state index is 13.5. The van der Waals surface area contributed by atoms with Crippen molar-refractivity contribution in [2.45, 2.75) is 38.5 Å². The number of ether oxygens (including phenoxy) is 1. The summed E-state index contributed by atoms with van der Waals surface area (Å²) in [5, 5.41) is 4.92. The maximum atomic E-state index is 13.5. The van der Waals surface area contributed by atoms with E-state index in [2.05, 4.69) is 10.6 Å². The Balaban J connectivity index is 1.80. The number of imide groups is 1. The first-order valence-electron chi connectivity index (χ1n) is 11.1. The molecule has 0 fully saturated rings. The second-order valence-electron chi connectivity index (χ2n) is 8.24. The average Bonchev–Trinajstić information content (AvgIpc) is 2.84. The van der Waals surface area contributed by atoms with Crippen LogP contribution < -0.4 is 15.4 Å². The van der Waals surface area contributed by atoms with Crippen molar-refractivity contribution >= 4 is 29.6 Å². The Hall–Kier alpha value is -4.16. The number of carbonyl (C=O) groups excluding carboxylic acids is 4. The van der Waals surface area contributed by atoms with Crippen molar-refractivity contribution in [2.24, 2.45) is 0 Å². The Morgan fingerprint density at radius 3 is 2.41 bits per heavy atom. The van der Waals surface area contributed by atoms with Gasteiger partial charge in [-0.05, 0) is 54.8 Å². The highest BCUT2D eigenvalue weighted by Crippen LogP contribution is 2.29. The molecule has 13 heteroatoms. The van der Waals surface area contributed by atoms with Crippen LogP contribution in [0.4, 0.5) is 32.8 Å². The molecule has 198 valence electrons. The second kappa shape index (κ2) is 11.3. The number of urea groups is 1. The Labute approximate surface area is 209 Å². The average molecular weight is 524 g/mol. The lowest BCUT2D eigenvalue weighted by atomic mass is 10.1. The summed E-state index contributed by atoms with van der Waals surface area (Å²) >= 11 is 0. The third-order valence-electron chi connectivity index (χ3n) is 5.69. The van der Waals surface area contributed by atoms with E-state index in [-0.39, 0.29) is 24.2 Å². The smallest absolute Gasteiger partial charge is 0.410 e. The molecule has 5 amide bonds. The predicted molar refractivity (Wildman–Crippen MR) is 123 cm³/mol. The van der Waals surface area contributed by atoms with Gasteiger partial charge >= 0.3 is 18.3 Å². The molecule has 0 aliphatic carbocycles. The van der Waals surface area contributed by atoms with Crippen LogP contribution in [0, 0.1) is 5.82 Å². The third-order valence-corrected chi connectivity index (χ3v) is 5.69. The number of carbonyl (C=O) groups is 4. The number of alkyl halides is 3. The monoisotopic (exact) mass is 524 g/mol. The molecule has 1 aliphatic heterocycles. The van der Waals surface area contributed by atoms with Gasteiger partial charge in [0.05, 0.1) is 0 Å². The molecule has 0 radical (unpaired) electrons. The first-order valence-corrected chi connectivity index (χ1v) is 11.1. The van der Waals surface area contributed by atoms with Gasteiger partial charge in [0.25, 0.3) is 0 Å². The lowest BCUT2D eigenvalue weighted by Gasteiger charge is -2.32. The molecule has 1 heterocycles. The molecule has 0 bridgehead atoms. The van der Waals surface area contributed by atoms with Crippen LogP contribution >= 0.6 is 0 Å². The lowest BCUT2D eigenvalue weighted by molar-refractivity contribution is -0.187. The van der Waals surface area contributed by atoms with Gasteiger partial charge in [-0.25, -0.2) is 18.9 Å². The van der Waals surface area contributed by atoms with E-state index < -0.39 is 55.1 Å². The first-order chi connectivity index (χ1) is 17.4. The molecule has 9 nitrogen and oxygen atoms in total. The van der Waals surface area contributed by atoms with Crippen LogP contribution in [0.2, 0.25) is 0 Å². The SMILES string of the molecule is CNC(=O)Nc1ccc2c(c1)CCC(=O)N(CC(=O)N(Cc1ccc(F)cc1)[C@@H](C)C(F)(F)F)C(=O)O2. The number of halogens is 4. The summed E-state index contributed by atoms with van der Waals surface area (Å²) in [7, 11) is 1.43. The fourth-order valence-electron chi connectivity index (χ4n) is 3.56. The van der Waals surface area contributed by atoms with Gasteiger partial charge in [0.2, 0.25) is 11.8 Å². The standard InChI is InChI=1S/C24H24F4N4O5/c1-14(24(26,27)28)31(12-15-3-6-17(25)7-4-15)21(34)13-32-20(33)10-5-16-11-18(30-22(35)29-2)8-9-19(16)37-23(32)36/h3-4,6-9,11,14H,5,10,12-13H2,1-2H3,(H2,29,30,35)/t14-/m0/s1. The van der Waals surface area contributed by atoms with Crippen LogP contribution in [-0.4, -0.2) is 59.5 Å². The van der Waals surface area contributed by atoms with Gasteiger partial charge in [0, 0.05) is 25.7 Å². The van der Waals surface area contributed by atoms with E-state index in [1.807, 2.05) is 0 Å². The van der Waals surface area contributed by atoms with Crippen molar-refractivity contribution in [1.29, 1.82) is 0 Å². The van der Waals surface area contributed by atoms with Crippen molar-refractivity contribution in [3.8, 4) is 5.75 Å². The fourth-order valence-corrected chi connectivity index (χ4v) is 3.56.